The Balaban J connectivity index is 1.22. The molecule has 1 amide bonds. The molecule has 7 rings (SSSR count). The SMILES string of the molecule is C=CC(=O)N1CCN(c2nc(OCC3CCCN3C)nc3c2CN(c2c(C)ccc4c2cnn4C2CCCCO2)C3)C[C@@H]1CC#N. The van der Waals surface area contributed by atoms with Gasteiger partial charge in [-0.1, -0.05) is 12.6 Å². The Morgan fingerprint density at radius 3 is 2.78 bits per heavy atom. The highest BCUT2D eigenvalue weighted by molar-refractivity contribution is 5.94. The number of anilines is 2. The maximum atomic E-state index is 12.6. The van der Waals surface area contributed by atoms with Gasteiger partial charge >= 0.3 is 6.01 Å². The summed E-state index contributed by atoms with van der Waals surface area (Å²) in [6.45, 7) is 11.0. The van der Waals surface area contributed by atoms with Gasteiger partial charge in [-0.2, -0.15) is 20.3 Å². The molecule has 1 aromatic carbocycles. The minimum atomic E-state index is -0.257. The van der Waals surface area contributed by atoms with Crippen molar-refractivity contribution in [2.75, 3.05) is 56.2 Å². The van der Waals surface area contributed by atoms with E-state index in [0.29, 0.717) is 51.4 Å². The number of nitrogens with zero attached hydrogens (tertiary/aromatic N) is 9. The highest BCUT2D eigenvalue weighted by Crippen LogP contribution is 2.40. The van der Waals surface area contributed by atoms with Crippen LogP contribution in [0.5, 0.6) is 6.01 Å². The number of hydrogen-bond acceptors (Lipinski definition) is 10. The van der Waals surface area contributed by atoms with E-state index in [4.69, 9.17) is 24.5 Å². The quantitative estimate of drug-likeness (QED) is 0.341. The van der Waals surface area contributed by atoms with Gasteiger partial charge in [0.2, 0.25) is 5.91 Å². The number of aryl methyl sites for hydroxylation is 1. The summed E-state index contributed by atoms with van der Waals surface area (Å²) in [7, 11) is 2.14. The number of hydrogen-bond donors (Lipinski definition) is 0. The van der Waals surface area contributed by atoms with Crippen LogP contribution in [0.3, 0.4) is 0 Å². The minimum absolute atomic E-state index is 0.0401. The predicted molar refractivity (Wildman–Crippen MR) is 175 cm³/mol. The van der Waals surface area contributed by atoms with Crippen LogP contribution >= 0.6 is 0 Å². The highest BCUT2D eigenvalue weighted by atomic mass is 16.5. The van der Waals surface area contributed by atoms with Crippen LogP contribution in [0.25, 0.3) is 10.9 Å². The topological polar surface area (TPSA) is 116 Å². The number of likely N-dealkylation sites (N-methyl/N-ethyl adjacent to an activating group) is 1. The number of likely N-dealkylation sites (tertiary alicyclic amines) is 1. The number of benzene rings is 1. The number of fused-ring (bicyclic) bond motifs is 2. The average molecular weight is 626 g/mol. The molecule has 0 aliphatic carbocycles. The Morgan fingerprint density at radius 1 is 1.13 bits per heavy atom. The third kappa shape index (κ3) is 5.67. The van der Waals surface area contributed by atoms with E-state index in [9.17, 15) is 10.1 Å². The summed E-state index contributed by atoms with van der Waals surface area (Å²) in [6, 6.07) is 7.06. The first-order valence-corrected chi connectivity index (χ1v) is 16.6. The average Bonchev–Trinajstić information content (AvgIpc) is 3.81. The first-order chi connectivity index (χ1) is 22.4. The van der Waals surface area contributed by atoms with Crippen LogP contribution in [0.2, 0.25) is 0 Å². The number of piperazine rings is 1. The number of carbonyl (C=O) groups excluding carboxylic acids is 1. The van der Waals surface area contributed by atoms with Crippen molar-refractivity contribution in [2.45, 2.75) is 76.8 Å². The van der Waals surface area contributed by atoms with Crippen molar-refractivity contribution in [3.8, 4) is 12.1 Å². The first-order valence-electron chi connectivity index (χ1n) is 16.6. The molecular weight excluding hydrogens is 582 g/mol. The normalized spacial score (nSPS) is 23.5. The van der Waals surface area contributed by atoms with Crippen molar-refractivity contribution < 1.29 is 14.3 Å². The molecule has 6 heterocycles. The summed E-state index contributed by atoms with van der Waals surface area (Å²) < 4.78 is 14.4. The highest BCUT2D eigenvalue weighted by Gasteiger charge is 2.35. The number of ether oxygens (including phenoxy) is 2. The molecule has 12 heteroatoms. The summed E-state index contributed by atoms with van der Waals surface area (Å²) in [5, 5.41) is 15.5. The molecule has 3 fully saturated rings. The Morgan fingerprint density at radius 2 is 2.02 bits per heavy atom. The number of rotatable bonds is 8. The van der Waals surface area contributed by atoms with Gasteiger partial charge in [0.1, 0.15) is 12.4 Å². The van der Waals surface area contributed by atoms with Gasteiger partial charge in [0.25, 0.3) is 0 Å². The maximum Gasteiger partial charge on any atom is 0.318 e. The van der Waals surface area contributed by atoms with Crippen LogP contribution in [0.15, 0.2) is 31.0 Å². The van der Waals surface area contributed by atoms with E-state index in [-0.39, 0.29) is 24.6 Å². The van der Waals surface area contributed by atoms with Crippen molar-refractivity contribution in [3.05, 3.63) is 47.8 Å². The Bertz CT molecular complexity index is 1660. The van der Waals surface area contributed by atoms with E-state index in [1.54, 1.807) is 4.90 Å². The van der Waals surface area contributed by atoms with Crippen LogP contribution in [0.1, 0.15) is 61.6 Å². The number of nitriles is 1. The molecule has 242 valence electrons. The van der Waals surface area contributed by atoms with Gasteiger partial charge < -0.3 is 29.1 Å². The molecular formula is C34H43N9O3. The van der Waals surface area contributed by atoms with Gasteiger partial charge in [0.05, 0.1) is 48.2 Å². The number of carbonyl (C=O) groups is 1. The van der Waals surface area contributed by atoms with Gasteiger partial charge in [-0.25, -0.2) is 4.68 Å². The zero-order valence-corrected chi connectivity index (χ0v) is 26.9. The largest absolute Gasteiger partial charge is 0.462 e. The van der Waals surface area contributed by atoms with E-state index in [0.717, 1.165) is 78.9 Å². The summed E-state index contributed by atoms with van der Waals surface area (Å²) in [4.78, 5) is 31.3. The van der Waals surface area contributed by atoms with Gasteiger partial charge in [0.15, 0.2) is 6.23 Å². The second-order valence-electron chi connectivity index (χ2n) is 13.0. The maximum absolute atomic E-state index is 12.6. The third-order valence-corrected chi connectivity index (χ3v) is 10.1. The second-order valence-corrected chi connectivity index (χ2v) is 13.0. The minimum Gasteiger partial charge on any atom is -0.462 e. The summed E-state index contributed by atoms with van der Waals surface area (Å²) in [6.07, 6.45) is 8.96. The molecule has 46 heavy (non-hydrogen) atoms. The van der Waals surface area contributed by atoms with Crippen molar-refractivity contribution >= 4 is 28.3 Å². The van der Waals surface area contributed by atoms with E-state index >= 15 is 0 Å². The second kappa shape index (κ2) is 12.9. The zero-order chi connectivity index (χ0) is 31.8. The van der Waals surface area contributed by atoms with E-state index in [1.165, 1.54) is 11.6 Å². The molecule has 4 aliphatic rings. The van der Waals surface area contributed by atoms with Crippen molar-refractivity contribution in [3.63, 3.8) is 0 Å². The molecule has 0 N–H and O–H groups in total. The third-order valence-electron chi connectivity index (χ3n) is 10.1. The first kappa shape index (κ1) is 30.4. The predicted octanol–water partition coefficient (Wildman–Crippen LogP) is 3.94. The molecule has 3 atom stereocenters. The Hall–Kier alpha value is -4.21. The van der Waals surface area contributed by atoms with Crippen LogP contribution in [-0.2, 0) is 22.6 Å². The molecule has 2 aromatic heterocycles. The van der Waals surface area contributed by atoms with Crippen LogP contribution < -0.4 is 14.5 Å². The number of aromatic nitrogens is 4. The summed E-state index contributed by atoms with van der Waals surface area (Å²) in [5.41, 5.74) is 5.39. The van der Waals surface area contributed by atoms with Crippen molar-refractivity contribution in [1.82, 2.24) is 29.5 Å². The standard InChI is InChI=1S/C34H43N9O3/c1-4-30(44)42-16-15-40(19-24(42)12-13-35)33-27-20-41(21-28(27)37-34(38-33)46-22-25-8-7-14-39(25)3)32-23(2)10-11-29-26(32)18-36-43(29)31-9-5-6-17-45-31/h4,10-11,18,24-25,31H,1,5-9,12,14-17,19-22H2,2-3H3/t24-,25?,31?/m0/s1. The van der Waals surface area contributed by atoms with Crippen LogP contribution in [0.4, 0.5) is 11.5 Å². The molecule has 0 radical (unpaired) electrons. The molecule has 3 aromatic rings. The summed E-state index contributed by atoms with van der Waals surface area (Å²) >= 11 is 0. The Labute approximate surface area is 270 Å². The lowest BCUT2D eigenvalue weighted by Gasteiger charge is -2.41. The van der Waals surface area contributed by atoms with Crippen molar-refractivity contribution in [2.24, 2.45) is 0 Å². The molecule has 12 nitrogen and oxygen atoms in total. The van der Waals surface area contributed by atoms with Gasteiger partial charge in [-0.15, -0.1) is 0 Å². The molecule has 0 spiro atoms. The molecule has 4 aliphatic heterocycles. The lowest BCUT2D eigenvalue weighted by atomic mass is 10.1. The lowest BCUT2D eigenvalue weighted by Crippen LogP contribution is -2.55. The molecule has 0 bridgehead atoms. The van der Waals surface area contributed by atoms with Gasteiger partial charge in [0, 0.05) is 49.8 Å². The van der Waals surface area contributed by atoms with E-state index in [2.05, 4.69) is 53.5 Å². The fourth-order valence-electron chi connectivity index (χ4n) is 7.58. The molecule has 0 saturated carbocycles. The molecule has 2 unspecified atom stereocenters. The molecule has 3 saturated heterocycles. The van der Waals surface area contributed by atoms with E-state index < -0.39 is 0 Å². The van der Waals surface area contributed by atoms with Gasteiger partial charge in [-0.05, 0) is 70.3 Å². The number of amides is 1. The lowest BCUT2D eigenvalue weighted by molar-refractivity contribution is -0.128. The fourth-order valence-corrected chi connectivity index (χ4v) is 7.58. The monoisotopic (exact) mass is 625 g/mol. The Kier molecular flexibility index (Phi) is 8.53. The van der Waals surface area contributed by atoms with E-state index in [1.807, 2.05) is 10.9 Å². The van der Waals surface area contributed by atoms with Gasteiger partial charge in [-0.3, -0.25) is 4.79 Å². The fraction of sp³-hybridized carbons (Fsp3) is 0.559. The zero-order valence-electron chi connectivity index (χ0n) is 26.9. The van der Waals surface area contributed by atoms with Crippen LogP contribution in [-0.4, -0.2) is 94.0 Å². The summed E-state index contributed by atoms with van der Waals surface area (Å²) in [5.74, 6) is 0.679. The van der Waals surface area contributed by atoms with Crippen LogP contribution in [0, 0.1) is 18.3 Å². The smallest absolute Gasteiger partial charge is 0.318 e. The van der Waals surface area contributed by atoms with Crippen molar-refractivity contribution in [1.29, 1.82) is 5.26 Å².